The third-order valence-corrected chi connectivity index (χ3v) is 4.82. The highest BCUT2D eigenvalue weighted by Gasteiger charge is 2.32. The van der Waals surface area contributed by atoms with E-state index in [9.17, 15) is 0 Å². The fourth-order valence-corrected chi connectivity index (χ4v) is 3.16. The maximum Gasteiger partial charge on any atom is 0.122 e. The molecule has 1 saturated heterocycles. The Kier molecular flexibility index (Phi) is 6.45. The number of piperazine rings is 1. The van der Waals surface area contributed by atoms with Crippen molar-refractivity contribution >= 4 is 0 Å². The van der Waals surface area contributed by atoms with Crippen LogP contribution in [-0.4, -0.2) is 43.3 Å². The minimum Gasteiger partial charge on any atom is -0.493 e. The topological polar surface area (TPSA) is 50.5 Å². The van der Waals surface area contributed by atoms with Gasteiger partial charge in [0, 0.05) is 32.6 Å². The van der Waals surface area contributed by atoms with Crippen molar-refractivity contribution in [1.29, 1.82) is 0 Å². The molecule has 0 amide bonds. The van der Waals surface area contributed by atoms with Crippen LogP contribution < -0.4 is 15.8 Å². The van der Waals surface area contributed by atoms with Gasteiger partial charge in [-0.3, -0.25) is 4.90 Å². The van der Waals surface area contributed by atoms with Gasteiger partial charge in [-0.25, -0.2) is 0 Å². The van der Waals surface area contributed by atoms with Crippen LogP contribution in [-0.2, 0) is 6.42 Å². The Morgan fingerprint density at radius 3 is 2.61 bits per heavy atom. The number of hydrogen-bond donors (Lipinski definition) is 2. The zero-order valence-corrected chi connectivity index (χ0v) is 15.2. The molecule has 1 unspecified atom stereocenters. The summed E-state index contributed by atoms with van der Waals surface area (Å²) in [7, 11) is 0. The van der Waals surface area contributed by atoms with Crippen molar-refractivity contribution in [2.24, 2.45) is 11.7 Å². The molecule has 2 rings (SSSR count). The number of benzene rings is 1. The number of rotatable bonds is 7. The van der Waals surface area contributed by atoms with Gasteiger partial charge in [-0.1, -0.05) is 32.9 Å². The molecule has 0 aromatic heterocycles. The summed E-state index contributed by atoms with van der Waals surface area (Å²) in [5, 5.41) is 3.41. The van der Waals surface area contributed by atoms with Crippen LogP contribution in [0, 0.1) is 12.8 Å². The molecule has 1 aromatic rings. The predicted molar refractivity (Wildman–Crippen MR) is 96.9 cm³/mol. The lowest BCUT2D eigenvalue weighted by atomic mass is 9.92. The van der Waals surface area contributed by atoms with Crippen molar-refractivity contribution in [2.75, 3.05) is 32.8 Å². The molecule has 4 heteroatoms. The molecule has 1 atom stereocenters. The van der Waals surface area contributed by atoms with E-state index in [1.807, 2.05) is 0 Å². The highest BCUT2D eigenvalue weighted by Crippen LogP contribution is 2.27. The van der Waals surface area contributed by atoms with Gasteiger partial charge in [-0.05, 0) is 36.5 Å². The first-order valence-corrected chi connectivity index (χ1v) is 8.92. The summed E-state index contributed by atoms with van der Waals surface area (Å²) in [6, 6.07) is 6.35. The number of hydrogen-bond acceptors (Lipinski definition) is 4. The lowest BCUT2D eigenvalue weighted by Gasteiger charge is -2.43. The first-order valence-electron chi connectivity index (χ1n) is 8.92. The van der Waals surface area contributed by atoms with Crippen molar-refractivity contribution in [3.8, 4) is 5.75 Å². The third kappa shape index (κ3) is 4.69. The normalized spacial score (nSPS) is 18.9. The molecule has 0 saturated carbocycles. The number of ether oxygens (including phenoxy) is 1. The van der Waals surface area contributed by atoms with E-state index in [2.05, 4.69) is 56.1 Å². The zero-order valence-electron chi connectivity index (χ0n) is 15.2. The second-order valence-corrected chi connectivity index (χ2v) is 7.12. The van der Waals surface area contributed by atoms with Crippen molar-refractivity contribution in [1.82, 2.24) is 10.2 Å². The SMILES string of the molecule is CCC(N)(Cc1cccc(OCC(C)C)c1C)N1CCNCC1. The molecule has 3 N–H and O–H groups in total. The molecule has 23 heavy (non-hydrogen) atoms. The summed E-state index contributed by atoms with van der Waals surface area (Å²) in [6.07, 6.45) is 1.82. The Morgan fingerprint density at radius 2 is 2.00 bits per heavy atom. The maximum absolute atomic E-state index is 6.80. The van der Waals surface area contributed by atoms with E-state index in [0.29, 0.717) is 5.92 Å². The van der Waals surface area contributed by atoms with E-state index < -0.39 is 0 Å². The molecular formula is C19H33N3O. The smallest absolute Gasteiger partial charge is 0.122 e. The lowest BCUT2D eigenvalue weighted by molar-refractivity contribution is 0.0735. The number of nitrogens with zero attached hydrogens (tertiary/aromatic N) is 1. The molecule has 0 aliphatic carbocycles. The van der Waals surface area contributed by atoms with Gasteiger partial charge in [-0.15, -0.1) is 0 Å². The monoisotopic (exact) mass is 319 g/mol. The second-order valence-electron chi connectivity index (χ2n) is 7.12. The van der Waals surface area contributed by atoms with Gasteiger partial charge < -0.3 is 15.8 Å². The molecule has 1 aliphatic rings. The molecule has 0 bridgehead atoms. The van der Waals surface area contributed by atoms with Gasteiger partial charge >= 0.3 is 0 Å². The van der Waals surface area contributed by atoms with Gasteiger partial charge in [0.1, 0.15) is 5.75 Å². The predicted octanol–water partition coefficient (Wildman–Crippen LogP) is 2.54. The zero-order chi connectivity index (χ0) is 16.9. The highest BCUT2D eigenvalue weighted by molar-refractivity contribution is 5.40. The first kappa shape index (κ1) is 18.2. The highest BCUT2D eigenvalue weighted by atomic mass is 16.5. The Morgan fingerprint density at radius 1 is 1.30 bits per heavy atom. The first-order chi connectivity index (χ1) is 11.0. The van der Waals surface area contributed by atoms with Gasteiger partial charge in [0.2, 0.25) is 0 Å². The quantitative estimate of drug-likeness (QED) is 0.811. The molecule has 1 heterocycles. The summed E-state index contributed by atoms with van der Waals surface area (Å²) in [4.78, 5) is 2.44. The second kappa shape index (κ2) is 8.13. The van der Waals surface area contributed by atoms with Gasteiger partial charge in [-0.2, -0.15) is 0 Å². The van der Waals surface area contributed by atoms with Crippen LogP contribution in [0.5, 0.6) is 5.75 Å². The molecule has 1 aromatic carbocycles. The van der Waals surface area contributed by atoms with Crippen molar-refractivity contribution < 1.29 is 4.74 Å². The standard InChI is InChI=1S/C19H33N3O/c1-5-19(20,22-11-9-21-10-12-22)13-17-7-6-8-18(16(17)4)23-14-15(2)3/h6-8,15,21H,5,9-14,20H2,1-4H3. The molecule has 130 valence electrons. The van der Waals surface area contributed by atoms with E-state index in [1.54, 1.807) is 0 Å². The average molecular weight is 319 g/mol. The van der Waals surface area contributed by atoms with E-state index in [4.69, 9.17) is 10.5 Å². The summed E-state index contributed by atoms with van der Waals surface area (Å²) in [6.45, 7) is 13.5. The minimum atomic E-state index is -0.274. The largest absolute Gasteiger partial charge is 0.493 e. The Hall–Kier alpha value is -1.10. The summed E-state index contributed by atoms with van der Waals surface area (Å²) in [5.41, 5.74) is 9.06. The van der Waals surface area contributed by atoms with Crippen LogP contribution in [0.15, 0.2) is 18.2 Å². The fourth-order valence-electron chi connectivity index (χ4n) is 3.16. The van der Waals surface area contributed by atoms with Crippen LogP contribution in [0.3, 0.4) is 0 Å². The van der Waals surface area contributed by atoms with Crippen LogP contribution in [0.1, 0.15) is 38.3 Å². The Labute approximate surface area is 141 Å². The average Bonchev–Trinajstić information content (AvgIpc) is 2.56. The van der Waals surface area contributed by atoms with Crippen LogP contribution in [0.2, 0.25) is 0 Å². The van der Waals surface area contributed by atoms with E-state index >= 15 is 0 Å². The minimum absolute atomic E-state index is 0.274. The van der Waals surface area contributed by atoms with Crippen molar-refractivity contribution in [3.05, 3.63) is 29.3 Å². The van der Waals surface area contributed by atoms with Gasteiger partial charge in [0.05, 0.1) is 12.3 Å². The van der Waals surface area contributed by atoms with Crippen LogP contribution in [0.25, 0.3) is 0 Å². The molecule has 0 radical (unpaired) electrons. The number of nitrogens with two attached hydrogens (primary N) is 1. The Balaban J connectivity index is 2.15. The van der Waals surface area contributed by atoms with E-state index in [1.165, 1.54) is 11.1 Å². The van der Waals surface area contributed by atoms with Gasteiger partial charge in [0.15, 0.2) is 0 Å². The van der Waals surface area contributed by atoms with Gasteiger partial charge in [0.25, 0.3) is 0 Å². The Bertz CT molecular complexity index is 497. The number of nitrogens with one attached hydrogen (secondary N) is 1. The summed E-state index contributed by atoms with van der Waals surface area (Å²) in [5.74, 6) is 1.53. The van der Waals surface area contributed by atoms with Crippen molar-refractivity contribution in [3.63, 3.8) is 0 Å². The lowest BCUT2D eigenvalue weighted by Crippen LogP contribution is -2.62. The van der Waals surface area contributed by atoms with Crippen LogP contribution in [0.4, 0.5) is 0 Å². The molecular weight excluding hydrogens is 286 g/mol. The molecule has 4 nitrogen and oxygen atoms in total. The van der Waals surface area contributed by atoms with Crippen LogP contribution >= 0.6 is 0 Å². The fraction of sp³-hybridized carbons (Fsp3) is 0.684. The summed E-state index contributed by atoms with van der Waals surface area (Å²) >= 11 is 0. The van der Waals surface area contributed by atoms with E-state index in [0.717, 1.165) is 51.4 Å². The van der Waals surface area contributed by atoms with Crippen molar-refractivity contribution in [2.45, 2.75) is 46.2 Å². The molecule has 0 spiro atoms. The third-order valence-electron chi connectivity index (χ3n) is 4.82. The summed E-state index contributed by atoms with van der Waals surface area (Å²) < 4.78 is 5.97. The molecule has 1 aliphatic heterocycles. The molecule has 1 fully saturated rings. The van der Waals surface area contributed by atoms with E-state index in [-0.39, 0.29) is 5.66 Å². The maximum atomic E-state index is 6.80.